The van der Waals surface area contributed by atoms with Gasteiger partial charge >= 0.3 is 53.7 Å². The maximum absolute atomic E-state index is 13.2. The lowest BCUT2D eigenvalue weighted by Crippen LogP contribution is -2.70. The Morgan fingerprint density at radius 1 is 0.437 bits per heavy atom. The van der Waals surface area contributed by atoms with Gasteiger partial charge in [0.1, 0.15) is 37.6 Å². The number of esters is 9. The van der Waals surface area contributed by atoms with Gasteiger partial charge in [-0.25, -0.2) is 0 Å². The van der Waals surface area contributed by atoms with Crippen molar-refractivity contribution in [1.82, 2.24) is 0 Å². The number of ether oxygens (including phenoxy) is 15. The highest BCUT2D eigenvalue weighted by Gasteiger charge is 2.61. The lowest BCUT2D eigenvalue weighted by molar-refractivity contribution is -0.402. The van der Waals surface area contributed by atoms with Crippen molar-refractivity contribution in [1.29, 1.82) is 0 Å². The molecule has 3 aliphatic heterocycles. The molecule has 24 nitrogen and oxygen atoms in total. The van der Waals surface area contributed by atoms with E-state index in [0.717, 1.165) is 62.3 Å². The van der Waals surface area contributed by atoms with Crippen molar-refractivity contribution >= 4 is 53.7 Å². The third-order valence-electron chi connectivity index (χ3n) is 11.4. The van der Waals surface area contributed by atoms with Gasteiger partial charge in [0.05, 0.1) is 11.7 Å². The second-order valence-electron chi connectivity index (χ2n) is 18.7. The molecule has 3 heterocycles. The SMILES string of the molecule is C=C(C)C(O[C@@H]1OC(COC(C)=O)[C@@H](OC(C)=O)C(O[C@@H]2OC(COC(C)=O)[C@@H](OC(C)=O)C(OC(C)=O)C2OC(C)=O)C1O[C@@H]1OC(C)[C@H](OC(C)=O)C(OC(C)=O)C1OC(C)=O)(C(C)C)C(C)(C)C. The van der Waals surface area contributed by atoms with E-state index in [1.54, 1.807) is 6.92 Å². The minimum Gasteiger partial charge on any atom is -0.463 e. The molecule has 402 valence electrons. The number of carbonyl (C=O) groups is 9. The normalized spacial score (nSPS) is 31.6. The second kappa shape index (κ2) is 25.4. The van der Waals surface area contributed by atoms with Crippen LogP contribution in [0.25, 0.3) is 0 Å². The molecule has 16 atom stereocenters. The number of hydrogen-bond acceptors (Lipinski definition) is 24. The summed E-state index contributed by atoms with van der Waals surface area (Å²) >= 11 is 0. The van der Waals surface area contributed by atoms with Gasteiger partial charge in [0, 0.05) is 62.3 Å². The first-order chi connectivity index (χ1) is 32.8. The van der Waals surface area contributed by atoms with Crippen molar-refractivity contribution < 1.29 is 114 Å². The van der Waals surface area contributed by atoms with Crippen LogP contribution in [0.1, 0.15) is 111 Å². The highest BCUT2D eigenvalue weighted by molar-refractivity contribution is 5.70. The Bertz CT molecular complexity index is 1960. The van der Waals surface area contributed by atoms with E-state index in [0.29, 0.717) is 5.57 Å². The van der Waals surface area contributed by atoms with Gasteiger partial charge in [0.15, 0.2) is 61.6 Å². The Morgan fingerprint density at radius 3 is 1.13 bits per heavy atom. The zero-order valence-corrected chi connectivity index (χ0v) is 43.2. The molecule has 0 amide bonds. The van der Waals surface area contributed by atoms with Gasteiger partial charge in [-0.1, -0.05) is 41.2 Å². The topological polar surface area (TPSA) is 292 Å². The average molecular weight is 1020 g/mol. The molecule has 0 bridgehead atoms. The largest absolute Gasteiger partial charge is 0.463 e. The minimum absolute atomic E-state index is 0.418. The lowest BCUT2D eigenvalue weighted by Gasteiger charge is -2.55. The van der Waals surface area contributed by atoms with Crippen LogP contribution in [0.5, 0.6) is 0 Å². The molecule has 3 fully saturated rings. The molecular formula is C47H70O24. The van der Waals surface area contributed by atoms with Gasteiger partial charge < -0.3 is 71.1 Å². The van der Waals surface area contributed by atoms with Gasteiger partial charge in [-0.3, -0.25) is 43.2 Å². The molecule has 0 aliphatic carbocycles. The monoisotopic (exact) mass is 1020 g/mol. The Balaban J connectivity index is 2.55. The highest BCUT2D eigenvalue weighted by Crippen LogP contribution is 2.48. The number of rotatable bonds is 19. The van der Waals surface area contributed by atoms with E-state index in [4.69, 9.17) is 71.1 Å². The van der Waals surface area contributed by atoms with Crippen molar-refractivity contribution in [2.24, 2.45) is 11.3 Å². The van der Waals surface area contributed by atoms with E-state index in [1.165, 1.54) is 6.92 Å². The first-order valence-electron chi connectivity index (χ1n) is 22.9. The summed E-state index contributed by atoms with van der Waals surface area (Å²) in [7, 11) is 0. The predicted octanol–water partition coefficient (Wildman–Crippen LogP) is 2.63. The van der Waals surface area contributed by atoms with Crippen molar-refractivity contribution in [3.8, 4) is 0 Å². The van der Waals surface area contributed by atoms with Gasteiger partial charge in [-0.2, -0.15) is 0 Å². The third kappa shape index (κ3) is 15.9. The van der Waals surface area contributed by atoms with Crippen LogP contribution in [0.3, 0.4) is 0 Å². The Morgan fingerprint density at radius 2 is 0.761 bits per heavy atom. The fourth-order valence-electron chi connectivity index (χ4n) is 9.22. The summed E-state index contributed by atoms with van der Waals surface area (Å²) in [4.78, 5) is 114. The van der Waals surface area contributed by atoms with Gasteiger partial charge in [-0.05, 0) is 30.8 Å². The van der Waals surface area contributed by atoms with Gasteiger partial charge in [-0.15, -0.1) is 0 Å². The molecule has 0 radical (unpaired) electrons. The first kappa shape index (κ1) is 60.0. The summed E-state index contributed by atoms with van der Waals surface area (Å²) in [5, 5.41) is 0. The van der Waals surface area contributed by atoms with Gasteiger partial charge in [0.25, 0.3) is 0 Å². The molecule has 0 spiro atoms. The Labute approximate surface area is 412 Å². The predicted molar refractivity (Wildman–Crippen MR) is 236 cm³/mol. The number of hydrogen-bond donors (Lipinski definition) is 0. The first-order valence-corrected chi connectivity index (χ1v) is 22.9. The number of carbonyl (C=O) groups excluding carboxylic acids is 9. The maximum Gasteiger partial charge on any atom is 0.303 e. The summed E-state index contributed by atoms with van der Waals surface area (Å²) in [5.41, 5.74) is -1.71. The zero-order valence-electron chi connectivity index (χ0n) is 43.2. The Hall–Kier alpha value is -5.27. The van der Waals surface area contributed by atoms with Crippen LogP contribution >= 0.6 is 0 Å². The molecule has 71 heavy (non-hydrogen) atoms. The molecule has 24 heteroatoms. The molecule has 3 rings (SSSR count). The van der Waals surface area contributed by atoms with Crippen molar-refractivity contribution in [2.75, 3.05) is 13.2 Å². The minimum atomic E-state index is -1.99. The van der Waals surface area contributed by atoms with Crippen LogP contribution in [0, 0.1) is 11.3 Å². The maximum atomic E-state index is 13.2. The molecular weight excluding hydrogens is 948 g/mol. The van der Waals surface area contributed by atoms with Crippen LogP contribution in [0.2, 0.25) is 0 Å². The molecule has 3 aliphatic rings. The summed E-state index contributed by atoms with van der Waals surface area (Å²) in [6.07, 6.45) is -25.3. The smallest absolute Gasteiger partial charge is 0.303 e. The molecule has 0 aromatic heterocycles. The lowest BCUT2D eigenvalue weighted by atomic mass is 9.66. The van der Waals surface area contributed by atoms with Crippen LogP contribution in [-0.2, 0) is 114 Å². The summed E-state index contributed by atoms with van der Waals surface area (Å²) in [6.45, 7) is 24.9. The molecule has 10 unspecified atom stereocenters. The molecule has 0 aromatic carbocycles. The van der Waals surface area contributed by atoms with E-state index in [-0.39, 0.29) is 0 Å². The summed E-state index contributed by atoms with van der Waals surface area (Å²) < 4.78 is 90.4. The average Bonchev–Trinajstić information content (AvgIpc) is 3.20. The van der Waals surface area contributed by atoms with Crippen LogP contribution in [0.4, 0.5) is 0 Å². The Kier molecular flexibility index (Phi) is 21.5. The van der Waals surface area contributed by atoms with Crippen molar-refractivity contribution in [2.45, 2.75) is 208 Å². The third-order valence-corrected chi connectivity index (χ3v) is 11.4. The van der Waals surface area contributed by atoms with Crippen molar-refractivity contribution in [3.63, 3.8) is 0 Å². The van der Waals surface area contributed by atoms with Crippen LogP contribution in [0.15, 0.2) is 12.2 Å². The van der Waals surface area contributed by atoms with E-state index in [2.05, 4.69) is 6.58 Å². The molecule has 0 aromatic rings. The van der Waals surface area contributed by atoms with Crippen LogP contribution < -0.4 is 0 Å². The van der Waals surface area contributed by atoms with E-state index < -0.39 is 176 Å². The van der Waals surface area contributed by atoms with Crippen LogP contribution in [-0.4, -0.2) is 165 Å². The zero-order chi connectivity index (χ0) is 54.0. The quantitative estimate of drug-likeness (QED) is 0.102. The van der Waals surface area contributed by atoms with E-state index in [1.807, 2.05) is 34.6 Å². The van der Waals surface area contributed by atoms with Gasteiger partial charge in [0.2, 0.25) is 0 Å². The fourth-order valence-corrected chi connectivity index (χ4v) is 9.22. The summed E-state index contributed by atoms with van der Waals surface area (Å²) in [5.74, 6) is -8.47. The van der Waals surface area contributed by atoms with Crippen molar-refractivity contribution in [3.05, 3.63) is 12.2 Å². The highest BCUT2D eigenvalue weighted by atomic mass is 16.8. The van der Waals surface area contributed by atoms with E-state index >= 15 is 0 Å². The molecule has 0 saturated carbocycles. The molecule has 3 saturated heterocycles. The summed E-state index contributed by atoms with van der Waals surface area (Å²) in [6, 6.07) is 0. The second-order valence-corrected chi connectivity index (χ2v) is 18.7. The standard InChI is InChI=1S/C47H70O24/c1-20(2)47(21(3)4,46(15,16)17)71-45-42(70-43-40(65-30(13)55)37(63-28(11)53)34(22(5)59-43)60-25(8)50)39(36(62-27(10)52)33(68-45)19-58-24(7)49)69-44-41(66-31(14)56)38(64-29(12)54)35(61-26(9)51)32(67-44)18-57-23(6)48/h21-22,32-45H,1,18-19H2,2-17H3/t22?,32?,33?,34-,35+,36+,37?,38?,39?,40?,41?,42?,43-,44-,45-,47?/m0/s1. The molecule has 0 N–H and O–H groups in total. The van der Waals surface area contributed by atoms with E-state index in [9.17, 15) is 43.2 Å². The fraction of sp³-hybridized carbons (Fsp3) is 0.766.